The molecule has 0 spiro atoms. The van der Waals surface area contributed by atoms with E-state index in [-0.39, 0.29) is 12.1 Å². The fourth-order valence-corrected chi connectivity index (χ4v) is 3.30. The van der Waals surface area contributed by atoms with E-state index in [1.54, 1.807) is 6.20 Å². The minimum absolute atomic E-state index is 0.234. The predicted molar refractivity (Wildman–Crippen MR) is 79.9 cm³/mol. The standard InChI is InChI=1S/C16H26N2O2/c1-6-19-14-7-13(8-18-9-14)16(17-5)15-10(2)11(3)20-12(15)4/h7-12,15-17H,6H2,1-5H3. The number of ether oxygens (including phenoxy) is 2. The highest BCUT2D eigenvalue weighted by Gasteiger charge is 2.41. The van der Waals surface area contributed by atoms with E-state index in [2.05, 4.69) is 37.1 Å². The molecule has 1 fully saturated rings. The van der Waals surface area contributed by atoms with Gasteiger partial charge in [0.15, 0.2) is 0 Å². The van der Waals surface area contributed by atoms with Crippen molar-refractivity contribution in [2.24, 2.45) is 11.8 Å². The topological polar surface area (TPSA) is 43.4 Å². The summed E-state index contributed by atoms with van der Waals surface area (Å²) in [5, 5.41) is 3.44. The normalized spacial score (nSPS) is 31.2. The molecule has 4 heteroatoms. The van der Waals surface area contributed by atoms with Gasteiger partial charge in [0, 0.05) is 18.2 Å². The van der Waals surface area contributed by atoms with Crippen molar-refractivity contribution in [1.82, 2.24) is 10.3 Å². The minimum atomic E-state index is 0.234. The number of pyridine rings is 1. The molecule has 112 valence electrons. The molecule has 0 aromatic carbocycles. The Morgan fingerprint density at radius 2 is 2.05 bits per heavy atom. The first-order valence-electron chi connectivity index (χ1n) is 7.49. The van der Waals surface area contributed by atoms with Crippen molar-refractivity contribution in [1.29, 1.82) is 0 Å². The Kier molecular flexibility index (Phi) is 5.00. The molecular weight excluding hydrogens is 252 g/mol. The third kappa shape index (κ3) is 2.96. The maximum atomic E-state index is 5.98. The molecule has 5 unspecified atom stereocenters. The van der Waals surface area contributed by atoms with Crippen LogP contribution in [0.1, 0.15) is 39.3 Å². The van der Waals surface area contributed by atoms with Gasteiger partial charge in [0.05, 0.1) is 25.0 Å². The molecule has 1 N–H and O–H groups in total. The highest BCUT2D eigenvalue weighted by molar-refractivity contribution is 5.27. The lowest BCUT2D eigenvalue weighted by atomic mass is 9.81. The molecule has 1 aromatic rings. The van der Waals surface area contributed by atoms with Gasteiger partial charge in [-0.2, -0.15) is 0 Å². The number of hydrogen-bond donors (Lipinski definition) is 1. The number of rotatable bonds is 5. The third-order valence-electron chi connectivity index (χ3n) is 4.42. The quantitative estimate of drug-likeness (QED) is 0.899. The second-order valence-corrected chi connectivity index (χ2v) is 5.64. The second kappa shape index (κ2) is 6.55. The Morgan fingerprint density at radius 1 is 1.30 bits per heavy atom. The first-order chi connectivity index (χ1) is 9.58. The summed E-state index contributed by atoms with van der Waals surface area (Å²) in [6, 6.07) is 2.32. The number of nitrogens with one attached hydrogen (secondary N) is 1. The van der Waals surface area contributed by atoms with Gasteiger partial charge in [0.1, 0.15) is 5.75 Å². The van der Waals surface area contributed by atoms with E-state index in [1.807, 2.05) is 20.2 Å². The molecule has 20 heavy (non-hydrogen) atoms. The lowest BCUT2D eigenvalue weighted by Gasteiger charge is -2.29. The average molecular weight is 278 g/mol. The fraction of sp³-hybridized carbons (Fsp3) is 0.688. The van der Waals surface area contributed by atoms with E-state index in [0.29, 0.717) is 24.5 Å². The van der Waals surface area contributed by atoms with Crippen LogP contribution in [0.25, 0.3) is 0 Å². The van der Waals surface area contributed by atoms with E-state index in [0.717, 1.165) is 5.75 Å². The summed E-state index contributed by atoms with van der Waals surface area (Å²) in [6.07, 6.45) is 4.23. The Labute approximate surface area is 121 Å². The zero-order chi connectivity index (χ0) is 14.7. The van der Waals surface area contributed by atoms with Crippen LogP contribution in [-0.4, -0.2) is 30.8 Å². The zero-order valence-corrected chi connectivity index (χ0v) is 13.1. The molecule has 0 bridgehead atoms. The van der Waals surface area contributed by atoms with Gasteiger partial charge < -0.3 is 14.8 Å². The van der Waals surface area contributed by atoms with Crippen LogP contribution >= 0.6 is 0 Å². The van der Waals surface area contributed by atoms with Crippen LogP contribution in [0.5, 0.6) is 5.75 Å². The van der Waals surface area contributed by atoms with Crippen molar-refractivity contribution < 1.29 is 9.47 Å². The molecule has 0 aliphatic carbocycles. The van der Waals surface area contributed by atoms with Crippen LogP contribution in [0, 0.1) is 11.8 Å². The molecule has 1 aromatic heterocycles. The van der Waals surface area contributed by atoms with Gasteiger partial charge in [-0.1, -0.05) is 6.92 Å². The van der Waals surface area contributed by atoms with Crippen LogP contribution in [-0.2, 0) is 4.74 Å². The zero-order valence-electron chi connectivity index (χ0n) is 13.1. The molecule has 5 atom stereocenters. The Balaban J connectivity index is 2.25. The predicted octanol–water partition coefficient (Wildman–Crippen LogP) is 2.80. The summed E-state index contributed by atoms with van der Waals surface area (Å²) in [5.41, 5.74) is 1.17. The third-order valence-corrected chi connectivity index (χ3v) is 4.42. The average Bonchev–Trinajstić information content (AvgIpc) is 2.67. The van der Waals surface area contributed by atoms with Gasteiger partial charge >= 0.3 is 0 Å². The summed E-state index contributed by atoms with van der Waals surface area (Å²) < 4.78 is 11.5. The SMILES string of the molecule is CCOc1cncc(C(NC)C2C(C)OC(C)C2C)c1. The van der Waals surface area contributed by atoms with Crippen molar-refractivity contribution in [3.05, 3.63) is 24.0 Å². The van der Waals surface area contributed by atoms with Crippen molar-refractivity contribution in [3.8, 4) is 5.75 Å². The number of aromatic nitrogens is 1. The second-order valence-electron chi connectivity index (χ2n) is 5.64. The first-order valence-corrected chi connectivity index (χ1v) is 7.49. The van der Waals surface area contributed by atoms with Crippen LogP contribution in [0.3, 0.4) is 0 Å². The van der Waals surface area contributed by atoms with E-state index >= 15 is 0 Å². The van der Waals surface area contributed by atoms with Gasteiger partial charge in [-0.25, -0.2) is 0 Å². The van der Waals surface area contributed by atoms with Gasteiger partial charge in [0.2, 0.25) is 0 Å². The van der Waals surface area contributed by atoms with Crippen LogP contribution in [0.2, 0.25) is 0 Å². The molecule has 1 aliphatic heterocycles. The summed E-state index contributed by atoms with van der Waals surface area (Å²) in [6.45, 7) is 9.23. The largest absolute Gasteiger partial charge is 0.492 e. The van der Waals surface area contributed by atoms with E-state index < -0.39 is 0 Å². The molecule has 0 saturated carbocycles. The van der Waals surface area contributed by atoms with E-state index in [9.17, 15) is 0 Å². The van der Waals surface area contributed by atoms with Gasteiger partial charge in [-0.3, -0.25) is 4.98 Å². The van der Waals surface area contributed by atoms with E-state index in [1.165, 1.54) is 5.56 Å². The monoisotopic (exact) mass is 278 g/mol. The smallest absolute Gasteiger partial charge is 0.137 e. The molecule has 2 rings (SSSR count). The first kappa shape index (κ1) is 15.3. The highest BCUT2D eigenvalue weighted by Crippen LogP contribution is 2.40. The summed E-state index contributed by atoms with van der Waals surface area (Å²) in [7, 11) is 2.00. The van der Waals surface area contributed by atoms with E-state index in [4.69, 9.17) is 9.47 Å². The van der Waals surface area contributed by atoms with Crippen LogP contribution in [0.4, 0.5) is 0 Å². The number of hydrogen-bond acceptors (Lipinski definition) is 4. The summed E-state index contributed by atoms with van der Waals surface area (Å²) in [5.74, 6) is 1.78. The lowest BCUT2D eigenvalue weighted by molar-refractivity contribution is 0.0478. The maximum absolute atomic E-state index is 5.98. The Morgan fingerprint density at radius 3 is 2.60 bits per heavy atom. The van der Waals surface area contributed by atoms with Crippen molar-refractivity contribution >= 4 is 0 Å². The Bertz CT molecular complexity index is 438. The summed E-state index contributed by atoms with van der Waals surface area (Å²) >= 11 is 0. The van der Waals surface area contributed by atoms with Gasteiger partial charge in [-0.15, -0.1) is 0 Å². The van der Waals surface area contributed by atoms with Crippen molar-refractivity contribution in [2.45, 2.75) is 45.9 Å². The van der Waals surface area contributed by atoms with Crippen LogP contribution < -0.4 is 10.1 Å². The summed E-state index contributed by atoms with van der Waals surface area (Å²) in [4.78, 5) is 4.31. The molecule has 1 aliphatic rings. The molecule has 0 radical (unpaired) electrons. The Hall–Kier alpha value is -1.13. The highest BCUT2D eigenvalue weighted by atomic mass is 16.5. The molecule has 0 amide bonds. The van der Waals surface area contributed by atoms with Crippen molar-refractivity contribution in [2.75, 3.05) is 13.7 Å². The maximum Gasteiger partial charge on any atom is 0.137 e. The van der Waals surface area contributed by atoms with Crippen molar-refractivity contribution in [3.63, 3.8) is 0 Å². The molecule has 4 nitrogen and oxygen atoms in total. The van der Waals surface area contributed by atoms with Gasteiger partial charge in [0.25, 0.3) is 0 Å². The number of nitrogens with zero attached hydrogens (tertiary/aromatic N) is 1. The molecule has 1 saturated heterocycles. The minimum Gasteiger partial charge on any atom is -0.492 e. The van der Waals surface area contributed by atoms with Crippen LogP contribution in [0.15, 0.2) is 18.5 Å². The lowest BCUT2D eigenvalue weighted by Crippen LogP contribution is -2.33. The fourth-order valence-electron chi connectivity index (χ4n) is 3.30. The molecule has 2 heterocycles. The van der Waals surface area contributed by atoms with Gasteiger partial charge in [-0.05, 0) is 45.4 Å². The molecular formula is C16H26N2O2.